The molecule has 0 spiro atoms. The molecule has 0 bridgehead atoms. The summed E-state index contributed by atoms with van der Waals surface area (Å²) in [5.41, 5.74) is 2.48. The fourth-order valence-electron chi connectivity index (χ4n) is 2.90. The summed E-state index contributed by atoms with van der Waals surface area (Å²) in [6.07, 6.45) is 0. The molecular weight excluding hydrogens is 383 g/mol. The van der Waals surface area contributed by atoms with Crippen molar-refractivity contribution >= 4 is 17.5 Å². The van der Waals surface area contributed by atoms with Crippen LogP contribution in [0, 0.1) is 19.7 Å². The van der Waals surface area contributed by atoms with E-state index in [1.807, 2.05) is 19.9 Å². The molecule has 2 heterocycles. The highest BCUT2D eigenvalue weighted by Gasteiger charge is 2.19. The molecule has 3 rings (SSSR count). The van der Waals surface area contributed by atoms with Crippen LogP contribution in [0.2, 0.25) is 5.02 Å². The first-order chi connectivity index (χ1) is 13.3. The number of benzene rings is 1. The van der Waals surface area contributed by atoms with Gasteiger partial charge in [-0.15, -0.1) is 0 Å². The topological polar surface area (TPSA) is 60.2 Å². The molecule has 6 nitrogen and oxygen atoms in total. The van der Waals surface area contributed by atoms with Gasteiger partial charge in [0.2, 0.25) is 0 Å². The lowest BCUT2D eigenvalue weighted by Gasteiger charge is -2.18. The molecule has 1 aromatic carbocycles. The number of amides is 1. The van der Waals surface area contributed by atoms with Gasteiger partial charge in [-0.3, -0.25) is 4.79 Å². The van der Waals surface area contributed by atoms with Gasteiger partial charge in [0.15, 0.2) is 17.4 Å². The van der Waals surface area contributed by atoms with Gasteiger partial charge < -0.3 is 9.64 Å². The molecular formula is C20H20ClFN4O2. The fourth-order valence-corrected chi connectivity index (χ4v) is 3.08. The molecule has 0 fully saturated rings. The van der Waals surface area contributed by atoms with E-state index in [2.05, 4.69) is 10.1 Å². The quantitative estimate of drug-likeness (QED) is 0.648. The summed E-state index contributed by atoms with van der Waals surface area (Å²) in [5.74, 6) is -0.199. The Kier molecular flexibility index (Phi) is 5.65. The number of halogens is 2. The average molecular weight is 403 g/mol. The van der Waals surface area contributed by atoms with Crippen molar-refractivity contribution < 1.29 is 13.9 Å². The van der Waals surface area contributed by atoms with Crippen molar-refractivity contribution in [1.29, 1.82) is 0 Å². The van der Waals surface area contributed by atoms with Gasteiger partial charge in [0, 0.05) is 19.3 Å². The Balaban J connectivity index is 1.86. The second kappa shape index (κ2) is 7.98. The summed E-state index contributed by atoms with van der Waals surface area (Å²) in [6, 6.07) is 9.81. The van der Waals surface area contributed by atoms with E-state index in [1.165, 1.54) is 24.1 Å². The number of carbonyl (C=O) groups excluding carboxylic acids is 1. The molecule has 146 valence electrons. The lowest BCUT2D eigenvalue weighted by atomic mass is 10.2. The molecule has 28 heavy (non-hydrogen) atoms. The third-order valence-corrected chi connectivity index (χ3v) is 4.55. The highest BCUT2D eigenvalue weighted by molar-refractivity contribution is 6.33. The van der Waals surface area contributed by atoms with E-state index in [0.29, 0.717) is 11.4 Å². The van der Waals surface area contributed by atoms with Gasteiger partial charge in [0.1, 0.15) is 5.69 Å². The first kappa shape index (κ1) is 19.8. The van der Waals surface area contributed by atoms with Gasteiger partial charge in [-0.2, -0.15) is 5.10 Å². The number of aryl methyl sites for hydroxylation is 2. The van der Waals surface area contributed by atoms with Crippen LogP contribution in [0.15, 0.2) is 36.4 Å². The number of aromatic nitrogens is 3. The SMILES string of the molecule is COc1ccc(CN(C)C(=O)c2nc(-n3nc(C)cc3C)ccc2Cl)cc1F. The Morgan fingerprint density at radius 1 is 1.25 bits per heavy atom. The zero-order valence-electron chi connectivity index (χ0n) is 16.0. The molecule has 0 radical (unpaired) electrons. The summed E-state index contributed by atoms with van der Waals surface area (Å²) < 4.78 is 20.5. The summed E-state index contributed by atoms with van der Waals surface area (Å²) in [4.78, 5) is 18.7. The highest BCUT2D eigenvalue weighted by Crippen LogP contribution is 2.21. The van der Waals surface area contributed by atoms with Crippen molar-refractivity contribution in [3.8, 4) is 11.6 Å². The Morgan fingerprint density at radius 3 is 2.61 bits per heavy atom. The minimum Gasteiger partial charge on any atom is -0.494 e. The van der Waals surface area contributed by atoms with E-state index in [0.717, 1.165) is 11.4 Å². The Labute approximate surface area is 167 Å². The largest absolute Gasteiger partial charge is 0.494 e. The maximum atomic E-state index is 13.9. The lowest BCUT2D eigenvalue weighted by molar-refractivity contribution is 0.0779. The van der Waals surface area contributed by atoms with Crippen molar-refractivity contribution in [2.75, 3.05) is 14.2 Å². The van der Waals surface area contributed by atoms with Crippen molar-refractivity contribution in [2.24, 2.45) is 0 Å². The highest BCUT2D eigenvalue weighted by atomic mass is 35.5. The third kappa shape index (κ3) is 3.99. The van der Waals surface area contributed by atoms with Crippen LogP contribution in [-0.4, -0.2) is 39.7 Å². The minimum absolute atomic E-state index is 0.114. The van der Waals surface area contributed by atoms with Gasteiger partial charge >= 0.3 is 0 Å². The number of hydrogen-bond acceptors (Lipinski definition) is 4. The predicted molar refractivity (Wildman–Crippen MR) is 105 cm³/mol. The maximum absolute atomic E-state index is 13.9. The number of rotatable bonds is 5. The van der Waals surface area contributed by atoms with E-state index in [1.54, 1.807) is 29.9 Å². The molecule has 0 saturated carbocycles. The van der Waals surface area contributed by atoms with Gasteiger partial charge in [-0.1, -0.05) is 17.7 Å². The molecule has 0 aliphatic carbocycles. The number of methoxy groups -OCH3 is 1. The van der Waals surface area contributed by atoms with Crippen molar-refractivity contribution in [3.05, 3.63) is 69.9 Å². The van der Waals surface area contributed by atoms with Crippen LogP contribution in [-0.2, 0) is 6.54 Å². The van der Waals surface area contributed by atoms with Crippen LogP contribution in [0.5, 0.6) is 5.75 Å². The monoisotopic (exact) mass is 402 g/mol. The molecule has 0 atom stereocenters. The van der Waals surface area contributed by atoms with E-state index in [9.17, 15) is 9.18 Å². The molecule has 1 amide bonds. The lowest BCUT2D eigenvalue weighted by Crippen LogP contribution is -2.27. The summed E-state index contributed by atoms with van der Waals surface area (Å²) in [7, 11) is 3.01. The van der Waals surface area contributed by atoms with Crippen LogP contribution in [0.3, 0.4) is 0 Å². The molecule has 0 aliphatic rings. The van der Waals surface area contributed by atoms with E-state index in [4.69, 9.17) is 16.3 Å². The normalized spacial score (nSPS) is 10.8. The first-order valence-corrected chi connectivity index (χ1v) is 8.96. The van der Waals surface area contributed by atoms with Crippen molar-refractivity contribution in [1.82, 2.24) is 19.7 Å². The molecule has 3 aromatic rings. The van der Waals surface area contributed by atoms with Crippen LogP contribution in [0.25, 0.3) is 5.82 Å². The van der Waals surface area contributed by atoms with Gasteiger partial charge in [-0.25, -0.2) is 14.1 Å². The maximum Gasteiger partial charge on any atom is 0.274 e. The minimum atomic E-state index is -0.483. The molecule has 8 heteroatoms. The van der Waals surface area contributed by atoms with Gasteiger partial charge in [0.05, 0.1) is 17.8 Å². The number of ether oxygens (including phenoxy) is 1. The molecule has 0 N–H and O–H groups in total. The summed E-state index contributed by atoms with van der Waals surface area (Å²) in [6.45, 7) is 3.98. The van der Waals surface area contributed by atoms with E-state index < -0.39 is 5.82 Å². The Morgan fingerprint density at radius 2 is 2.00 bits per heavy atom. The second-order valence-electron chi connectivity index (χ2n) is 6.47. The smallest absolute Gasteiger partial charge is 0.274 e. The van der Waals surface area contributed by atoms with Crippen LogP contribution in [0.1, 0.15) is 27.4 Å². The Bertz CT molecular complexity index is 1040. The van der Waals surface area contributed by atoms with Gasteiger partial charge in [0.25, 0.3) is 5.91 Å². The Hall–Kier alpha value is -2.93. The van der Waals surface area contributed by atoms with Crippen LogP contribution < -0.4 is 4.74 Å². The zero-order valence-corrected chi connectivity index (χ0v) is 16.8. The van der Waals surface area contributed by atoms with Crippen molar-refractivity contribution in [2.45, 2.75) is 20.4 Å². The van der Waals surface area contributed by atoms with E-state index in [-0.39, 0.29) is 28.9 Å². The molecule has 2 aromatic heterocycles. The predicted octanol–water partition coefficient (Wildman–Crippen LogP) is 3.96. The number of carbonyl (C=O) groups is 1. The first-order valence-electron chi connectivity index (χ1n) is 8.58. The average Bonchev–Trinajstić information content (AvgIpc) is 3.00. The standard InChI is InChI=1S/C20H20ClFN4O2/c1-12-9-13(2)26(24-12)18-8-6-15(21)19(23-18)20(27)25(3)11-14-5-7-17(28-4)16(22)10-14/h5-10H,11H2,1-4H3. The van der Waals surface area contributed by atoms with Crippen LogP contribution >= 0.6 is 11.6 Å². The van der Waals surface area contributed by atoms with Crippen molar-refractivity contribution in [3.63, 3.8) is 0 Å². The molecule has 0 saturated heterocycles. The summed E-state index contributed by atoms with van der Waals surface area (Å²) in [5, 5.41) is 4.62. The second-order valence-corrected chi connectivity index (χ2v) is 6.88. The number of hydrogen-bond donors (Lipinski definition) is 0. The molecule has 0 unspecified atom stereocenters. The summed E-state index contributed by atoms with van der Waals surface area (Å²) >= 11 is 6.22. The molecule has 0 aliphatic heterocycles. The van der Waals surface area contributed by atoms with Crippen LogP contribution in [0.4, 0.5) is 4.39 Å². The number of pyridine rings is 1. The van der Waals surface area contributed by atoms with Gasteiger partial charge in [-0.05, 0) is 49.7 Å². The number of nitrogens with zero attached hydrogens (tertiary/aromatic N) is 4. The zero-order chi connectivity index (χ0) is 20.4. The fraction of sp³-hybridized carbons (Fsp3) is 0.250. The third-order valence-electron chi connectivity index (χ3n) is 4.24. The van der Waals surface area contributed by atoms with E-state index >= 15 is 0 Å².